The normalized spacial score (nSPS) is 11.9. The quantitative estimate of drug-likeness (QED) is 0.928. The van der Waals surface area contributed by atoms with E-state index in [0.717, 1.165) is 16.9 Å². The number of hydrogen-bond acceptors (Lipinski definition) is 3. The summed E-state index contributed by atoms with van der Waals surface area (Å²) < 4.78 is 1.71. The lowest BCUT2D eigenvalue weighted by molar-refractivity contribution is -0.138. The van der Waals surface area contributed by atoms with Crippen LogP contribution < -0.4 is 0 Å². The number of aryl methyl sites for hydroxylation is 1. The third-order valence-electron chi connectivity index (χ3n) is 3.39. The van der Waals surface area contributed by atoms with Crippen molar-refractivity contribution in [2.24, 2.45) is 0 Å². The van der Waals surface area contributed by atoms with Crippen molar-refractivity contribution in [3.8, 4) is 11.8 Å². The zero-order valence-electron chi connectivity index (χ0n) is 11.6. The molecule has 5 nitrogen and oxygen atoms in total. The fraction of sp³-hybridized carbons (Fsp3) is 0.267. The highest BCUT2D eigenvalue weighted by Gasteiger charge is 2.23. The second kappa shape index (κ2) is 5.17. The summed E-state index contributed by atoms with van der Waals surface area (Å²) in [5, 5.41) is 22.4. The van der Waals surface area contributed by atoms with Crippen LogP contribution in [0.15, 0.2) is 24.3 Å². The van der Waals surface area contributed by atoms with Gasteiger partial charge in [0.15, 0.2) is 0 Å². The smallest absolute Gasteiger partial charge is 0.310 e. The SMILES string of the molecule is Cc1nn(-c2ccc(C#N)cc2)c(C)c1C(C)C(=O)O. The van der Waals surface area contributed by atoms with Crippen molar-refractivity contribution < 1.29 is 9.90 Å². The number of nitrogens with zero attached hydrogens (tertiary/aromatic N) is 3. The van der Waals surface area contributed by atoms with E-state index in [-0.39, 0.29) is 0 Å². The third kappa shape index (κ3) is 2.28. The maximum Gasteiger partial charge on any atom is 0.310 e. The molecule has 1 aromatic heterocycles. The van der Waals surface area contributed by atoms with E-state index < -0.39 is 11.9 Å². The van der Waals surface area contributed by atoms with Gasteiger partial charge in [-0.05, 0) is 45.0 Å². The van der Waals surface area contributed by atoms with Crippen molar-refractivity contribution in [3.63, 3.8) is 0 Å². The number of aromatic nitrogens is 2. The fourth-order valence-corrected chi connectivity index (χ4v) is 2.33. The van der Waals surface area contributed by atoms with Crippen molar-refractivity contribution in [1.29, 1.82) is 5.26 Å². The Balaban J connectivity index is 2.51. The number of aliphatic carboxylic acids is 1. The largest absolute Gasteiger partial charge is 0.481 e. The van der Waals surface area contributed by atoms with Crippen molar-refractivity contribution in [2.75, 3.05) is 0 Å². The van der Waals surface area contributed by atoms with Crippen LogP contribution in [0.25, 0.3) is 5.69 Å². The molecule has 0 fully saturated rings. The summed E-state index contributed by atoms with van der Waals surface area (Å²) in [6.45, 7) is 5.32. The van der Waals surface area contributed by atoms with E-state index in [0.29, 0.717) is 11.3 Å². The molecule has 1 heterocycles. The molecule has 0 radical (unpaired) electrons. The molecular formula is C15H15N3O2. The molecule has 0 spiro atoms. The van der Waals surface area contributed by atoms with Crippen LogP contribution in [0.3, 0.4) is 0 Å². The Kier molecular flexibility index (Phi) is 3.57. The Morgan fingerprint density at radius 1 is 1.35 bits per heavy atom. The van der Waals surface area contributed by atoms with Gasteiger partial charge in [-0.25, -0.2) is 4.68 Å². The van der Waals surface area contributed by atoms with Crippen molar-refractivity contribution in [3.05, 3.63) is 46.8 Å². The Bertz CT molecular complexity index is 693. The summed E-state index contributed by atoms with van der Waals surface area (Å²) in [5.41, 5.74) is 3.65. The molecule has 0 saturated heterocycles. The fourth-order valence-electron chi connectivity index (χ4n) is 2.33. The number of carboxylic acids is 1. The Labute approximate surface area is 117 Å². The monoisotopic (exact) mass is 269 g/mol. The van der Waals surface area contributed by atoms with Gasteiger partial charge in [0, 0.05) is 11.3 Å². The second-order valence-electron chi connectivity index (χ2n) is 4.71. The van der Waals surface area contributed by atoms with Crippen LogP contribution in [0.5, 0.6) is 0 Å². The number of benzene rings is 1. The van der Waals surface area contributed by atoms with Crippen molar-refractivity contribution in [1.82, 2.24) is 9.78 Å². The summed E-state index contributed by atoms with van der Waals surface area (Å²) in [7, 11) is 0. The number of carbonyl (C=O) groups is 1. The maximum atomic E-state index is 11.2. The standard InChI is InChI=1S/C15H15N3O2/c1-9(15(19)20)14-10(2)17-18(11(14)3)13-6-4-12(8-16)5-7-13/h4-7,9H,1-3H3,(H,19,20). The zero-order chi connectivity index (χ0) is 14.9. The molecule has 0 aliphatic rings. The van der Waals surface area contributed by atoms with Crippen molar-refractivity contribution >= 4 is 5.97 Å². The van der Waals surface area contributed by atoms with Gasteiger partial charge in [0.05, 0.1) is 28.9 Å². The van der Waals surface area contributed by atoms with Crippen LogP contribution in [0.2, 0.25) is 0 Å². The Morgan fingerprint density at radius 2 is 1.95 bits per heavy atom. The first kappa shape index (κ1) is 13.8. The lowest BCUT2D eigenvalue weighted by Crippen LogP contribution is -2.09. The molecule has 1 aromatic carbocycles. The van der Waals surface area contributed by atoms with Crippen LogP contribution in [0, 0.1) is 25.2 Å². The summed E-state index contributed by atoms with van der Waals surface area (Å²) in [6, 6.07) is 9.09. The molecule has 20 heavy (non-hydrogen) atoms. The average Bonchev–Trinajstić information content (AvgIpc) is 2.73. The highest BCUT2D eigenvalue weighted by Crippen LogP contribution is 2.25. The van der Waals surface area contributed by atoms with E-state index in [9.17, 15) is 4.79 Å². The first-order valence-electron chi connectivity index (χ1n) is 6.25. The summed E-state index contributed by atoms with van der Waals surface area (Å²) >= 11 is 0. The van der Waals surface area contributed by atoms with Crippen LogP contribution in [-0.2, 0) is 4.79 Å². The van der Waals surface area contributed by atoms with Crippen molar-refractivity contribution in [2.45, 2.75) is 26.7 Å². The Morgan fingerprint density at radius 3 is 2.45 bits per heavy atom. The number of carboxylic acid groups (broad SMARTS) is 1. The molecule has 1 atom stereocenters. The predicted molar refractivity (Wildman–Crippen MR) is 73.8 cm³/mol. The lowest BCUT2D eigenvalue weighted by atomic mass is 9.99. The molecule has 2 aromatic rings. The summed E-state index contributed by atoms with van der Waals surface area (Å²) in [5.74, 6) is -1.46. The minimum Gasteiger partial charge on any atom is -0.481 e. The summed E-state index contributed by atoms with van der Waals surface area (Å²) in [6.07, 6.45) is 0. The van der Waals surface area contributed by atoms with Gasteiger partial charge >= 0.3 is 5.97 Å². The second-order valence-corrected chi connectivity index (χ2v) is 4.71. The van der Waals surface area contributed by atoms with Crippen LogP contribution in [0.1, 0.15) is 35.4 Å². The van der Waals surface area contributed by atoms with Gasteiger partial charge < -0.3 is 5.11 Å². The van der Waals surface area contributed by atoms with E-state index in [1.807, 2.05) is 13.8 Å². The van der Waals surface area contributed by atoms with E-state index in [2.05, 4.69) is 11.2 Å². The molecule has 2 rings (SSSR count). The van der Waals surface area contributed by atoms with Gasteiger partial charge in [0.1, 0.15) is 0 Å². The molecule has 1 unspecified atom stereocenters. The van der Waals surface area contributed by atoms with Gasteiger partial charge in [-0.1, -0.05) is 0 Å². The van der Waals surface area contributed by atoms with Gasteiger partial charge in [0.2, 0.25) is 0 Å². The molecule has 0 aliphatic heterocycles. The molecule has 1 N–H and O–H groups in total. The zero-order valence-corrected chi connectivity index (χ0v) is 11.6. The molecule has 0 bridgehead atoms. The third-order valence-corrected chi connectivity index (χ3v) is 3.39. The number of rotatable bonds is 3. The molecule has 0 aliphatic carbocycles. The van der Waals surface area contributed by atoms with Crippen LogP contribution >= 0.6 is 0 Å². The van der Waals surface area contributed by atoms with Gasteiger partial charge in [-0.2, -0.15) is 10.4 Å². The average molecular weight is 269 g/mol. The minimum atomic E-state index is -0.865. The Hall–Kier alpha value is -2.61. The van der Waals surface area contributed by atoms with Gasteiger partial charge in [0.25, 0.3) is 0 Å². The predicted octanol–water partition coefficient (Wildman–Crippen LogP) is 2.55. The molecular weight excluding hydrogens is 254 g/mol. The molecule has 0 saturated carbocycles. The highest BCUT2D eigenvalue weighted by molar-refractivity contribution is 5.76. The van der Waals surface area contributed by atoms with Crippen LogP contribution in [-0.4, -0.2) is 20.9 Å². The topological polar surface area (TPSA) is 78.9 Å². The summed E-state index contributed by atoms with van der Waals surface area (Å²) in [4.78, 5) is 11.2. The molecule has 0 amide bonds. The maximum absolute atomic E-state index is 11.2. The van der Waals surface area contributed by atoms with E-state index in [1.165, 1.54) is 0 Å². The van der Waals surface area contributed by atoms with E-state index in [4.69, 9.17) is 10.4 Å². The van der Waals surface area contributed by atoms with E-state index in [1.54, 1.807) is 35.9 Å². The molecule has 102 valence electrons. The molecule has 5 heteroatoms. The van der Waals surface area contributed by atoms with Gasteiger partial charge in [-0.15, -0.1) is 0 Å². The lowest BCUT2D eigenvalue weighted by Gasteiger charge is -2.08. The first-order chi connectivity index (χ1) is 9.45. The van der Waals surface area contributed by atoms with E-state index >= 15 is 0 Å². The number of nitriles is 1. The highest BCUT2D eigenvalue weighted by atomic mass is 16.4. The van der Waals surface area contributed by atoms with Crippen LogP contribution in [0.4, 0.5) is 0 Å². The minimum absolute atomic E-state index is 0.578. The number of hydrogen-bond donors (Lipinski definition) is 1. The van der Waals surface area contributed by atoms with Gasteiger partial charge in [-0.3, -0.25) is 4.79 Å². The first-order valence-corrected chi connectivity index (χ1v) is 6.25.